The zero-order valence-corrected chi connectivity index (χ0v) is 13.4. The summed E-state index contributed by atoms with van der Waals surface area (Å²) in [7, 11) is 0. The van der Waals surface area contributed by atoms with Gasteiger partial charge in [-0.25, -0.2) is 0 Å². The summed E-state index contributed by atoms with van der Waals surface area (Å²) in [6.07, 6.45) is 3.76. The molecule has 0 unspecified atom stereocenters. The molecule has 0 saturated carbocycles. The van der Waals surface area contributed by atoms with Crippen molar-refractivity contribution in [3.05, 3.63) is 76.4 Å². The smallest absolute Gasteiger partial charge is 0.298 e. The molecule has 1 nitrogen and oxygen atoms in total. The third kappa shape index (κ3) is 4.82. The van der Waals surface area contributed by atoms with Gasteiger partial charge in [0.05, 0.1) is 5.56 Å². The van der Waals surface area contributed by atoms with Crippen LogP contribution in [0.1, 0.15) is 46.0 Å². The lowest BCUT2D eigenvalue weighted by Crippen LogP contribution is -2.04. The van der Waals surface area contributed by atoms with Crippen LogP contribution in [0.2, 0.25) is 0 Å². The molecule has 0 saturated heterocycles. The minimum Gasteiger partial charge on any atom is -0.298 e. The number of fused-ring (bicyclic) bond motifs is 1. The van der Waals surface area contributed by atoms with E-state index in [2.05, 4.69) is 12.2 Å². The first-order chi connectivity index (χ1) is 11.4. The van der Waals surface area contributed by atoms with Gasteiger partial charge < -0.3 is 0 Å². The SMILES string of the molecule is CCc1cccc(C(F)(F)F)c1.O=Cc1ccc2c(c1)C=CCC2. The highest BCUT2D eigenvalue weighted by atomic mass is 19.4. The summed E-state index contributed by atoms with van der Waals surface area (Å²) in [6.45, 7) is 1.83. The molecule has 0 fully saturated rings. The fourth-order valence-electron chi connectivity index (χ4n) is 2.49. The Labute approximate surface area is 139 Å². The van der Waals surface area contributed by atoms with E-state index in [0.29, 0.717) is 12.0 Å². The second kappa shape index (κ2) is 7.95. The lowest BCUT2D eigenvalue weighted by molar-refractivity contribution is -0.137. The maximum Gasteiger partial charge on any atom is 0.416 e. The first-order valence-corrected chi connectivity index (χ1v) is 7.85. The van der Waals surface area contributed by atoms with E-state index >= 15 is 0 Å². The lowest BCUT2D eigenvalue weighted by atomic mass is 9.96. The number of carbonyl (C=O) groups is 1. The molecule has 0 N–H and O–H groups in total. The third-order valence-electron chi connectivity index (χ3n) is 3.85. The highest BCUT2D eigenvalue weighted by molar-refractivity contribution is 5.77. The minimum absolute atomic E-state index is 0.568. The number of rotatable bonds is 2. The van der Waals surface area contributed by atoms with Gasteiger partial charge in [0.15, 0.2) is 0 Å². The molecular formula is C20H19F3O. The number of alkyl halides is 3. The van der Waals surface area contributed by atoms with Crippen molar-refractivity contribution >= 4 is 12.4 Å². The Kier molecular flexibility index (Phi) is 5.96. The Bertz CT molecular complexity index is 730. The normalized spacial score (nSPS) is 12.8. The fourth-order valence-corrected chi connectivity index (χ4v) is 2.49. The summed E-state index contributed by atoms with van der Waals surface area (Å²) >= 11 is 0. The number of benzene rings is 2. The van der Waals surface area contributed by atoms with Crippen molar-refractivity contribution in [1.82, 2.24) is 0 Å². The topological polar surface area (TPSA) is 17.1 Å². The number of aryl methyl sites for hydroxylation is 2. The van der Waals surface area contributed by atoms with Crippen LogP contribution in [0.15, 0.2) is 48.5 Å². The van der Waals surface area contributed by atoms with Crippen LogP contribution in [-0.4, -0.2) is 6.29 Å². The molecule has 0 heterocycles. The molecule has 2 aromatic rings. The lowest BCUT2D eigenvalue weighted by Gasteiger charge is -2.09. The number of halogens is 3. The molecule has 3 rings (SSSR count). The molecule has 0 aliphatic heterocycles. The highest BCUT2D eigenvalue weighted by Gasteiger charge is 2.30. The Balaban J connectivity index is 0.000000174. The standard InChI is InChI=1S/C11H10O.C9H9F3/c12-8-9-5-6-10-3-1-2-4-11(10)7-9;1-2-7-4-3-5-8(6-7)9(10,11)12/h2,4-8H,1,3H2;3-6H,2H2,1H3. The molecule has 2 aromatic carbocycles. The second-order valence-electron chi connectivity index (χ2n) is 5.57. The summed E-state index contributed by atoms with van der Waals surface area (Å²) in [4.78, 5) is 10.5. The maximum absolute atomic E-state index is 12.1. The highest BCUT2D eigenvalue weighted by Crippen LogP contribution is 2.29. The summed E-state index contributed by atoms with van der Waals surface area (Å²) in [6, 6.07) is 11.3. The van der Waals surface area contributed by atoms with E-state index in [1.54, 1.807) is 6.07 Å². The summed E-state index contributed by atoms with van der Waals surface area (Å²) < 4.78 is 36.3. The van der Waals surface area contributed by atoms with E-state index in [0.717, 1.165) is 30.8 Å². The van der Waals surface area contributed by atoms with Crippen LogP contribution in [-0.2, 0) is 19.0 Å². The van der Waals surface area contributed by atoms with Crippen LogP contribution in [0.25, 0.3) is 6.08 Å². The number of aldehydes is 1. The number of allylic oxidation sites excluding steroid dienone is 1. The average molecular weight is 332 g/mol. The largest absolute Gasteiger partial charge is 0.416 e. The van der Waals surface area contributed by atoms with Crippen molar-refractivity contribution in [2.24, 2.45) is 0 Å². The van der Waals surface area contributed by atoms with Gasteiger partial charge in [-0.1, -0.05) is 49.4 Å². The third-order valence-corrected chi connectivity index (χ3v) is 3.85. The van der Waals surface area contributed by atoms with Gasteiger partial charge in [-0.05, 0) is 48.1 Å². The van der Waals surface area contributed by atoms with E-state index in [-0.39, 0.29) is 0 Å². The second-order valence-corrected chi connectivity index (χ2v) is 5.57. The van der Waals surface area contributed by atoms with Crippen LogP contribution in [0.5, 0.6) is 0 Å². The molecule has 0 atom stereocenters. The molecule has 126 valence electrons. The zero-order chi connectivity index (χ0) is 17.6. The Hall–Kier alpha value is -2.36. The predicted molar refractivity (Wildman–Crippen MR) is 90.0 cm³/mol. The molecule has 0 radical (unpaired) electrons. The Morgan fingerprint density at radius 3 is 2.58 bits per heavy atom. The van der Waals surface area contributed by atoms with Crippen LogP contribution < -0.4 is 0 Å². The summed E-state index contributed by atoms with van der Waals surface area (Å²) in [5.41, 5.74) is 3.46. The molecule has 0 bridgehead atoms. The van der Waals surface area contributed by atoms with Gasteiger partial charge in [-0.3, -0.25) is 4.79 Å². The van der Waals surface area contributed by atoms with Gasteiger partial charge in [0.25, 0.3) is 0 Å². The van der Waals surface area contributed by atoms with Crippen molar-refractivity contribution in [2.75, 3.05) is 0 Å². The molecule has 1 aliphatic rings. The van der Waals surface area contributed by atoms with E-state index in [1.807, 2.05) is 25.1 Å². The number of carbonyl (C=O) groups excluding carboxylic acids is 1. The van der Waals surface area contributed by atoms with E-state index in [4.69, 9.17) is 0 Å². The van der Waals surface area contributed by atoms with Gasteiger partial charge >= 0.3 is 6.18 Å². The quantitative estimate of drug-likeness (QED) is 0.642. The van der Waals surface area contributed by atoms with Gasteiger partial charge in [-0.15, -0.1) is 0 Å². The fraction of sp³-hybridized carbons (Fsp3) is 0.250. The van der Waals surface area contributed by atoms with Gasteiger partial charge in [0, 0.05) is 5.56 Å². The van der Waals surface area contributed by atoms with Crippen LogP contribution in [0, 0.1) is 0 Å². The molecule has 0 spiro atoms. The first kappa shape index (κ1) is 18.0. The maximum atomic E-state index is 12.1. The predicted octanol–water partition coefficient (Wildman–Crippen LogP) is 5.73. The van der Waals surface area contributed by atoms with Crippen LogP contribution >= 0.6 is 0 Å². The van der Waals surface area contributed by atoms with Crippen LogP contribution in [0.4, 0.5) is 13.2 Å². The van der Waals surface area contributed by atoms with E-state index in [9.17, 15) is 18.0 Å². The zero-order valence-electron chi connectivity index (χ0n) is 13.4. The molecular weight excluding hydrogens is 313 g/mol. The molecule has 0 aromatic heterocycles. The van der Waals surface area contributed by atoms with Crippen molar-refractivity contribution < 1.29 is 18.0 Å². The van der Waals surface area contributed by atoms with Crippen LogP contribution in [0.3, 0.4) is 0 Å². The van der Waals surface area contributed by atoms with Gasteiger partial charge in [0.2, 0.25) is 0 Å². The van der Waals surface area contributed by atoms with Gasteiger partial charge in [0.1, 0.15) is 6.29 Å². The summed E-state index contributed by atoms with van der Waals surface area (Å²) in [5.74, 6) is 0. The first-order valence-electron chi connectivity index (χ1n) is 7.85. The molecule has 1 aliphatic carbocycles. The van der Waals surface area contributed by atoms with Crippen molar-refractivity contribution in [2.45, 2.75) is 32.4 Å². The van der Waals surface area contributed by atoms with Gasteiger partial charge in [-0.2, -0.15) is 13.2 Å². The van der Waals surface area contributed by atoms with E-state index < -0.39 is 11.7 Å². The molecule has 4 heteroatoms. The molecule has 24 heavy (non-hydrogen) atoms. The van der Waals surface area contributed by atoms with Crippen molar-refractivity contribution in [1.29, 1.82) is 0 Å². The Morgan fingerprint density at radius 1 is 1.12 bits per heavy atom. The average Bonchev–Trinajstić information content (AvgIpc) is 2.61. The van der Waals surface area contributed by atoms with E-state index in [1.165, 1.54) is 23.3 Å². The Morgan fingerprint density at radius 2 is 1.92 bits per heavy atom. The summed E-state index contributed by atoms with van der Waals surface area (Å²) in [5, 5.41) is 0. The molecule has 0 amide bonds. The number of hydrogen-bond donors (Lipinski definition) is 0. The number of hydrogen-bond acceptors (Lipinski definition) is 1. The van der Waals surface area contributed by atoms with Crippen molar-refractivity contribution in [3.63, 3.8) is 0 Å². The monoisotopic (exact) mass is 332 g/mol. The minimum atomic E-state index is -4.22. The van der Waals surface area contributed by atoms with Crippen molar-refractivity contribution in [3.8, 4) is 0 Å².